The highest BCUT2D eigenvalue weighted by Crippen LogP contribution is 2.34. The first kappa shape index (κ1) is 15.4. The zero-order chi connectivity index (χ0) is 14.6. The number of carbonyl (C=O) groups is 1. The van der Waals surface area contributed by atoms with Crippen molar-refractivity contribution in [3.05, 3.63) is 34.9 Å². The third kappa shape index (κ3) is 4.18. The molecule has 0 bridgehead atoms. The van der Waals surface area contributed by atoms with Gasteiger partial charge in [-0.1, -0.05) is 6.07 Å². The maximum Gasteiger partial charge on any atom is 0.416 e. The van der Waals surface area contributed by atoms with E-state index in [1.165, 1.54) is 0 Å². The number of rotatable bonds is 4. The summed E-state index contributed by atoms with van der Waals surface area (Å²) < 4.78 is 67.3. The number of aryl methyl sites for hydroxylation is 1. The molecule has 0 saturated heterocycles. The van der Waals surface area contributed by atoms with Crippen molar-refractivity contribution in [2.24, 2.45) is 0 Å². The summed E-state index contributed by atoms with van der Waals surface area (Å²) in [6.07, 6.45) is -8.11. The maximum atomic E-state index is 12.7. The Morgan fingerprint density at radius 1 is 1.32 bits per heavy atom. The van der Waals surface area contributed by atoms with Crippen LogP contribution in [0.3, 0.4) is 0 Å². The van der Waals surface area contributed by atoms with Gasteiger partial charge in [0.2, 0.25) is 0 Å². The van der Waals surface area contributed by atoms with Crippen LogP contribution in [0.2, 0.25) is 0 Å². The summed E-state index contributed by atoms with van der Waals surface area (Å²) in [7, 11) is 1.10. The summed E-state index contributed by atoms with van der Waals surface area (Å²) in [5, 5.41) is 0. The quantitative estimate of drug-likeness (QED) is 0.621. The number of hydrogen-bond donors (Lipinski definition) is 0. The fraction of sp³-hybridized carbons (Fsp3) is 0.417. The molecule has 1 aromatic rings. The SMILES string of the molecule is COC(=O)CCc1cc(C(F)F)ccc1C(F)(F)F. The predicted octanol–water partition coefficient (Wildman–Crippen LogP) is 3.75. The van der Waals surface area contributed by atoms with Gasteiger partial charge in [0.1, 0.15) is 0 Å². The van der Waals surface area contributed by atoms with Crippen LogP contribution in [0.25, 0.3) is 0 Å². The van der Waals surface area contributed by atoms with Gasteiger partial charge in [0.25, 0.3) is 6.43 Å². The molecule has 0 radical (unpaired) electrons. The Balaban J connectivity index is 3.08. The summed E-state index contributed by atoms with van der Waals surface area (Å²) in [5.74, 6) is -0.699. The third-order valence-electron chi connectivity index (χ3n) is 2.51. The largest absolute Gasteiger partial charge is 0.469 e. The van der Waals surface area contributed by atoms with Crippen LogP contribution in [0.4, 0.5) is 22.0 Å². The monoisotopic (exact) mass is 282 g/mol. The van der Waals surface area contributed by atoms with Crippen molar-refractivity contribution in [2.45, 2.75) is 25.4 Å². The second kappa shape index (κ2) is 5.99. The lowest BCUT2D eigenvalue weighted by atomic mass is 9.99. The van der Waals surface area contributed by atoms with E-state index in [2.05, 4.69) is 4.74 Å². The standard InChI is InChI=1S/C12H11F5O2/c1-19-10(18)5-3-7-6-8(11(13)14)2-4-9(7)12(15,16)17/h2,4,6,11H,3,5H2,1H3. The molecule has 0 heterocycles. The summed E-state index contributed by atoms with van der Waals surface area (Å²) in [6, 6.07) is 2.11. The molecule has 0 spiro atoms. The number of benzene rings is 1. The van der Waals surface area contributed by atoms with Crippen molar-refractivity contribution in [2.75, 3.05) is 7.11 Å². The fourth-order valence-electron chi connectivity index (χ4n) is 1.57. The van der Waals surface area contributed by atoms with Crippen molar-refractivity contribution in [1.82, 2.24) is 0 Å². The van der Waals surface area contributed by atoms with Gasteiger partial charge in [-0.15, -0.1) is 0 Å². The predicted molar refractivity (Wildman–Crippen MR) is 56.7 cm³/mol. The van der Waals surface area contributed by atoms with Crippen LogP contribution in [0.5, 0.6) is 0 Å². The lowest BCUT2D eigenvalue weighted by Gasteiger charge is -2.14. The van der Waals surface area contributed by atoms with Crippen molar-refractivity contribution in [1.29, 1.82) is 0 Å². The van der Waals surface area contributed by atoms with Gasteiger partial charge in [0.15, 0.2) is 0 Å². The fourth-order valence-corrected chi connectivity index (χ4v) is 1.57. The molecule has 106 valence electrons. The van der Waals surface area contributed by atoms with Gasteiger partial charge in [-0.25, -0.2) is 8.78 Å². The molecule has 1 aromatic carbocycles. The Morgan fingerprint density at radius 2 is 1.95 bits per heavy atom. The number of ether oxygens (including phenoxy) is 1. The average Bonchev–Trinajstić information content (AvgIpc) is 2.34. The van der Waals surface area contributed by atoms with Gasteiger partial charge in [0.05, 0.1) is 12.7 Å². The van der Waals surface area contributed by atoms with Gasteiger partial charge >= 0.3 is 12.1 Å². The van der Waals surface area contributed by atoms with Crippen LogP contribution in [0.1, 0.15) is 29.5 Å². The first-order valence-electron chi connectivity index (χ1n) is 5.30. The minimum Gasteiger partial charge on any atom is -0.469 e. The molecule has 0 unspecified atom stereocenters. The highest BCUT2D eigenvalue weighted by molar-refractivity contribution is 5.69. The number of hydrogen-bond acceptors (Lipinski definition) is 2. The van der Waals surface area contributed by atoms with Gasteiger partial charge in [0, 0.05) is 12.0 Å². The highest BCUT2D eigenvalue weighted by Gasteiger charge is 2.33. The van der Waals surface area contributed by atoms with Crippen molar-refractivity contribution < 1.29 is 31.5 Å². The lowest BCUT2D eigenvalue weighted by molar-refractivity contribution is -0.142. The minimum absolute atomic E-state index is 0.299. The molecule has 19 heavy (non-hydrogen) atoms. The number of esters is 1. The van der Waals surface area contributed by atoms with E-state index >= 15 is 0 Å². The van der Waals surface area contributed by atoms with E-state index in [-0.39, 0.29) is 18.4 Å². The molecule has 0 atom stereocenters. The van der Waals surface area contributed by atoms with Gasteiger partial charge in [-0.2, -0.15) is 13.2 Å². The number of carbonyl (C=O) groups excluding carboxylic acids is 1. The van der Waals surface area contributed by atoms with Crippen LogP contribution in [0, 0.1) is 0 Å². The summed E-state index contributed by atoms with van der Waals surface area (Å²) in [6.45, 7) is 0. The first-order valence-corrected chi connectivity index (χ1v) is 5.30. The Kier molecular flexibility index (Phi) is 4.85. The van der Waals surface area contributed by atoms with Crippen LogP contribution in [-0.4, -0.2) is 13.1 Å². The summed E-state index contributed by atoms with van der Waals surface area (Å²) in [4.78, 5) is 10.9. The number of alkyl halides is 5. The smallest absolute Gasteiger partial charge is 0.416 e. The lowest BCUT2D eigenvalue weighted by Crippen LogP contribution is -2.11. The average molecular weight is 282 g/mol. The topological polar surface area (TPSA) is 26.3 Å². The zero-order valence-corrected chi connectivity index (χ0v) is 9.93. The molecule has 0 saturated carbocycles. The van der Waals surface area contributed by atoms with Gasteiger partial charge in [-0.05, 0) is 24.1 Å². The first-order chi connectivity index (χ1) is 8.75. The van der Waals surface area contributed by atoms with Gasteiger partial charge in [-0.3, -0.25) is 4.79 Å². The van der Waals surface area contributed by atoms with Crippen LogP contribution in [-0.2, 0) is 22.1 Å². The number of methoxy groups -OCH3 is 1. The van der Waals surface area contributed by atoms with Crippen molar-refractivity contribution in [3.8, 4) is 0 Å². The van der Waals surface area contributed by atoms with Crippen molar-refractivity contribution >= 4 is 5.97 Å². The summed E-state index contributed by atoms with van der Waals surface area (Å²) >= 11 is 0. The van der Waals surface area contributed by atoms with E-state index in [0.29, 0.717) is 6.07 Å². The zero-order valence-electron chi connectivity index (χ0n) is 9.93. The third-order valence-corrected chi connectivity index (χ3v) is 2.51. The molecule has 0 aliphatic rings. The van der Waals surface area contributed by atoms with Gasteiger partial charge < -0.3 is 4.74 Å². The molecular weight excluding hydrogens is 271 g/mol. The van der Waals surface area contributed by atoms with E-state index < -0.39 is 29.7 Å². The van der Waals surface area contributed by atoms with Crippen LogP contribution in [0.15, 0.2) is 18.2 Å². The van der Waals surface area contributed by atoms with Crippen LogP contribution < -0.4 is 0 Å². The Hall–Kier alpha value is -1.66. The second-order valence-corrected chi connectivity index (χ2v) is 3.79. The highest BCUT2D eigenvalue weighted by atomic mass is 19.4. The molecule has 2 nitrogen and oxygen atoms in total. The maximum absolute atomic E-state index is 12.7. The minimum atomic E-state index is -4.65. The Morgan fingerprint density at radius 3 is 2.42 bits per heavy atom. The van der Waals surface area contributed by atoms with Crippen LogP contribution >= 0.6 is 0 Å². The van der Waals surface area contributed by atoms with E-state index in [0.717, 1.165) is 19.2 Å². The van der Waals surface area contributed by atoms with E-state index in [9.17, 15) is 26.7 Å². The van der Waals surface area contributed by atoms with E-state index in [1.54, 1.807) is 0 Å². The Labute approximate surface area is 106 Å². The molecular formula is C12H11F5O2. The molecule has 0 amide bonds. The molecule has 0 aromatic heterocycles. The molecule has 0 aliphatic carbocycles. The Bertz CT molecular complexity index is 454. The molecule has 0 aliphatic heterocycles. The molecule has 0 N–H and O–H groups in total. The normalized spacial score (nSPS) is 11.7. The second-order valence-electron chi connectivity index (χ2n) is 3.79. The van der Waals surface area contributed by atoms with E-state index in [1.807, 2.05) is 0 Å². The molecule has 7 heteroatoms. The number of halogens is 5. The van der Waals surface area contributed by atoms with Crippen molar-refractivity contribution in [3.63, 3.8) is 0 Å². The molecule has 0 fully saturated rings. The van der Waals surface area contributed by atoms with E-state index in [4.69, 9.17) is 0 Å². The molecule has 1 rings (SSSR count). The summed E-state index contributed by atoms with van der Waals surface area (Å²) in [5.41, 5.74) is -1.86.